The maximum absolute atomic E-state index is 5.85. The Labute approximate surface area is 81.3 Å². The first-order chi connectivity index (χ1) is 5.75. The second-order valence-corrected chi connectivity index (χ2v) is 4.37. The molecule has 0 unspecified atom stereocenters. The van der Waals surface area contributed by atoms with Crippen LogP contribution in [-0.4, -0.2) is 22.8 Å². The summed E-state index contributed by atoms with van der Waals surface area (Å²) < 4.78 is 0. The molecule has 76 valence electrons. The first kappa shape index (κ1) is 12.2. The quantitative estimate of drug-likeness (QED) is 0.413. The van der Waals surface area contributed by atoms with Crippen LogP contribution in [0.25, 0.3) is 0 Å². The minimum Gasteiger partial charge on any atom is -0.309 e. The highest BCUT2D eigenvalue weighted by Gasteiger charge is 2.18. The lowest BCUT2D eigenvalue weighted by atomic mass is 10.1. The number of aliphatic imine (C=N–C) groups is 1. The summed E-state index contributed by atoms with van der Waals surface area (Å²) in [5.74, 6) is 5.85. The van der Waals surface area contributed by atoms with Crippen molar-refractivity contribution in [2.24, 2.45) is 10.8 Å². The van der Waals surface area contributed by atoms with Gasteiger partial charge in [-0.25, -0.2) is 5.84 Å². The van der Waals surface area contributed by atoms with Gasteiger partial charge in [0.05, 0.1) is 6.54 Å². The number of hydrogen-bond donors (Lipinski definition) is 1. The largest absolute Gasteiger partial charge is 0.309 e. The van der Waals surface area contributed by atoms with Crippen LogP contribution in [0.2, 0.25) is 0 Å². The summed E-state index contributed by atoms with van der Waals surface area (Å²) in [6.07, 6.45) is 0. The normalized spacial score (nSPS) is 10.9. The van der Waals surface area contributed by atoms with Crippen molar-refractivity contribution in [2.75, 3.05) is 6.54 Å². The molecule has 0 aromatic heterocycles. The van der Waals surface area contributed by atoms with E-state index in [9.17, 15) is 0 Å². The average Bonchev–Trinajstić information content (AvgIpc) is 1.96. The lowest BCUT2D eigenvalue weighted by molar-refractivity contribution is 0.188. The molecule has 0 spiro atoms. The van der Waals surface area contributed by atoms with Crippen molar-refractivity contribution in [1.82, 2.24) is 5.01 Å². The molecular weight excluding hydrogens is 162 g/mol. The molecule has 0 amide bonds. The zero-order valence-electron chi connectivity index (χ0n) is 9.39. The summed E-state index contributed by atoms with van der Waals surface area (Å²) >= 11 is 0. The Hall–Kier alpha value is -0.830. The Balaban J connectivity index is 4.21. The molecule has 3 heteroatoms. The summed E-state index contributed by atoms with van der Waals surface area (Å²) in [6.45, 7) is 14.5. The van der Waals surface area contributed by atoms with Crippen LogP contribution in [0.5, 0.6) is 0 Å². The van der Waals surface area contributed by atoms with Crippen LogP contribution in [0.1, 0.15) is 34.6 Å². The summed E-state index contributed by atoms with van der Waals surface area (Å²) in [4.78, 5) is 4.25. The molecule has 0 radical (unpaired) electrons. The molecule has 0 saturated heterocycles. The van der Waals surface area contributed by atoms with Gasteiger partial charge in [-0.05, 0) is 34.6 Å². The van der Waals surface area contributed by atoms with Crippen molar-refractivity contribution in [1.29, 1.82) is 0 Å². The van der Waals surface area contributed by atoms with Gasteiger partial charge in [-0.2, -0.15) is 0 Å². The Morgan fingerprint density at radius 1 is 1.38 bits per heavy atom. The zero-order chi connectivity index (χ0) is 10.6. The van der Waals surface area contributed by atoms with Gasteiger partial charge in [0.1, 0.15) is 0 Å². The third kappa shape index (κ3) is 4.68. The highest BCUT2D eigenvalue weighted by molar-refractivity contribution is 5.79. The van der Waals surface area contributed by atoms with E-state index < -0.39 is 0 Å². The van der Waals surface area contributed by atoms with Crippen LogP contribution in [0.15, 0.2) is 17.3 Å². The van der Waals surface area contributed by atoms with E-state index in [1.165, 1.54) is 0 Å². The number of rotatable bonds is 3. The van der Waals surface area contributed by atoms with Crippen molar-refractivity contribution in [3.05, 3.63) is 12.3 Å². The maximum Gasteiger partial charge on any atom is 0.0795 e. The standard InChI is InChI=1S/C10H21N3/c1-8(2)12-7-9(3)13(11)10(4,5)6/h3,7,11H2,1-2,4-6H3. The van der Waals surface area contributed by atoms with Crippen LogP contribution < -0.4 is 5.84 Å². The Morgan fingerprint density at radius 3 is 2.15 bits per heavy atom. The van der Waals surface area contributed by atoms with E-state index in [1.807, 2.05) is 34.6 Å². The zero-order valence-corrected chi connectivity index (χ0v) is 9.39. The molecule has 2 N–H and O–H groups in total. The second-order valence-electron chi connectivity index (χ2n) is 4.37. The van der Waals surface area contributed by atoms with E-state index >= 15 is 0 Å². The molecule has 13 heavy (non-hydrogen) atoms. The average molecular weight is 183 g/mol. The second kappa shape index (κ2) is 4.42. The van der Waals surface area contributed by atoms with Crippen LogP contribution in [0.4, 0.5) is 0 Å². The van der Waals surface area contributed by atoms with Gasteiger partial charge in [-0.1, -0.05) is 6.58 Å². The van der Waals surface area contributed by atoms with Gasteiger partial charge in [0, 0.05) is 16.9 Å². The molecule has 0 aliphatic heterocycles. The Kier molecular flexibility index (Phi) is 4.14. The van der Waals surface area contributed by atoms with Gasteiger partial charge < -0.3 is 5.01 Å². The molecule has 0 aliphatic rings. The first-order valence-electron chi connectivity index (χ1n) is 4.45. The van der Waals surface area contributed by atoms with E-state index in [2.05, 4.69) is 11.6 Å². The minimum atomic E-state index is -0.0890. The van der Waals surface area contributed by atoms with Crippen molar-refractivity contribution >= 4 is 5.71 Å². The van der Waals surface area contributed by atoms with Crippen molar-refractivity contribution in [2.45, 2.75) is 40.2 Å². The SMILES string of the molecule is C=C(CN=C(C)C)N(N)C(C)(C)C. The molecule has 0 aromatic rings. The predicted octanol–water partition coefficient (Wildman–Crippen LogP) is 1.96. The third-order valence-electron chi connectivity index (χ3n) is 1.64. The molecule has 0 saturated carbocycles. The van der Waals surface area contributed by atoms with Crippen LogP contribution >= 0.6 is 0 Å². The highest BCUT2D eigenvalue weighted by Crippen LogP contribution is 2.13. The summed E-state index contributed by atoms with van der Waals surface area (Å²) in [7, 11) is 0. The van der Waals surface area contributed by atoms with E-state index in [-0.39, 0.29) is 5.54 Å². The van der Waals surface area contributed by atoms with E-state index in [0.717, 1.165) is 11.4 Å². The maximum atomic E-state index is 5.85. The summed E-state index contributed by atoms with van der Waals surface area (Å²) in [6, 6.07) is 0. The molecular formula is C10H21N3. The molecule has 0 fully saturated rings. The smallest absolute Gasteiger partial charge is 0.0795 e. The number of hydrazine groups is 1. The van der Waals surface area contributed by atoms with Crippen LogP contribution in [0, 0.1) is 0 Å². The number of nitrogens with zero attached hydrogens (tertiary/aromatic N) is 2. The topological polar surface area (TPSA) is 41.6 Å². The summed E-state index contributed by atoms with van der Waals surface area (Å²) in [5.41, 5.74) is 1.80. The van der Waals surface area contributed by atoms with Gasteiger partial charge in [-0.15, -0.1) is 0 Å². The third-order valence-corrected chi connectivity index (χ3v) is 1.64. The Bertz CT molecular complexity index is 207. The molecule has 0 bridgehead atoms. The fourth-order valence-electron chi connectivity index (χ4n) is 0.800. The molecule has 0 aromatic carbocycles. The molecule has 0 rings (SSSR count). The van der Waals surface area contributed by atoms with Crippen molar-refractivity contribution in [3.63, 3.8) is 0 Å². The van der Waals surface area contributed by atoms with E-state index in [4.69, 9.17) is 5.84 Å². The van der Waals surface area contributed by atoms with Gasteiger partial charge in [0.2, 0.25) is 0 Å². The fraction of sp³-hybridized carbons (Fsp3) is 0.700. The number of nitrogens with two attached hydrogens (primary N) is 1. The van der Waals surface area contributed by atoms with Crippen molar-refractivity contribution < 1.29 is 0 Å². The summed E-state index contributed by atoms with van der Waals surface area (Å²) in [5, 5.41) is 1.67. The van der Waals surface area contributed by atoms with Crippen LogP contribution in [0.3, 0.4) is 0 Å². The molecule has 3 nitrogen and oxygen atoms in total. The van der Waals surface area contributed by atoms with Crippen LogP contribution in [-0.2, 0) is 0 Å². The van der Waals surface area contributed by atoms with Gasteiger partial charge >= 0.3 is 0 Å². The van der Waals surface area contributed by atoms with E-state index in [0.29, 0.717) is 6.54 Å². The highest BCUT2D eigenvalue weighted by atomic mass is 15.4. The number of hydrogen-bond acceptors (Lipinski definition) is 3. The van der Waals surface area contributed by atoms with Gasteiger partial charge in [0.25, 0.3) is 0 Å². The molecule has 0 aliphatic carbocycles. The first-order valence-corrected chi connectivity index (χ1v) is 4.45. The van der Waals surface area contributed by atoms with Gasteiger partial charge in [-0.3, -0.25) is 4.99 Å². The lowest BCUT2D eigenvalue weighted by Crippen LogP contribution is -2.46. The lowest BCUT2D eigenvalue weighted by Gasteiger charge is -2.33. The molecule has 0 heterocycles. The van der Waals surface area contributed by atoms with Gasteiger partial charge in [0.15, 0.2) is 0 Å². The van der Waals surface area contributed by atoms with Crippen molar-refractivity contribution in [3.8, 4) is 0 Å². The predicted molar refractivity (Wildman–Crippen MR) is 58.6 cm³/mol. The Morgan fingerprint density at radius 2 is 1.85 bits per heavy atom. The minimum absolute atomic E-state index is 0.0890. The molecule has 0 atom stereocenters. The van der Waals surface area contributed by atoms with E-state index in [1.54, 1.807) is 5.01 Å². The monoisotopic (exact) mass is 183 g/mol. The fourth-order valence-corrected chi connectivity index (χ4v) is 0.800.